The highest BCUT2D eigenvalue weighted by molar-refractivity contribution is 5.73. The number of nitrogens with zero attached hydrogens (tertiary/aromatic N) is 1. The van der Waals surface area contributed by atoms with Crippen molar-refractivity contribution in [1.29, 1.82) is 0 Å². The Morgan fingerprint density at radius 2 is 2.00 bits per heavy atom. The second-order valence-electron chi connectivity index (χ2n) is 2.75. The van der Waals surface area contributed by atoms with Crippen molar-refractivity contribution in [2.24, 2.45) is 0 Å². The number of alkyl halides is 3. The molecule has 1 aromatic rings. The Labute approximate surface area is 82.0 Å². The Bertz CT molecular complexity index is 378. The molecular weight excluding hydrogens is 215 g/mol. The molecule has 4 nitrogen and oxygen atoms in total. The third-order valence-corrected chi connectivity index (χ3v) is 1.64. The number of aliphatic hydroxyl groups excluding tert-OH is 1. The first-order chi connectivity index (χ1) is 6.82. The summed E-state index contributed by atoms with van der Waals surface area (Å²) >= 11 is 0. The quantitative estimate of drug-likeness (QED) is 0.787. The molecule has 1 rings (SSSR count). The summed E-state index contributed by atoms with van der Waals surface area (Å²) in [6.07, 6.45) is -5.19. The third kappa shape index (κ3) is 2.66. The summed E-state index contributed by atoms with van der Waals surface area (Å²) in [5.41, 5.74) is -1.50. The minimum absolute atomic E-state index is 0.405. The lowest BCUT2D eigenvalue weighted by molar-refractivity contribution is -0.147. The number of hydrogen-bond donors (Lipinski definition) is 2. The fraction of sp³-hybridized carbons (Fsp3) is 0.250. The maximum Gasteiger partial charge on any atom is 0.417 e. The monoisotopic (exact) mass is 221 g/mol. The first-order valence-electron chi connectivity index (χ1n) is 3.75. The molecule has 82 valence electrons. The van der Waals surface area contributed by atoms with Crippen molar-refractivity contribution in [2.75, 3.05) is 0 Å². The Morgan fingerprint density at radius 3 is 2.47 bits per heavy atom. The van der Waals surface area contributed by atoms with Crippen LogP contribution in [0.1, 0.15) is 17.2 Å². The van der Waals surface area contributed by atoms with Gasteiger partial charge in [-0.1, -0.05) is 0 Å². The molecule has 0 fully saturated rings. The third-order valence-electron chi connectivity index (χ3n) is 1.64. The maximum atomic E-state index is 12.2. The van der Waals surface area contributed by atoms with Crippen LogP contribution in [0.3, 0.4) is 0 Å². The average molecular weight is 221 g/mol. The fourth-order valence-electron chi connectivity index (χ4n) is 0.905. The number of aromatic nitrogens is 1. The zero-order valence-electron chi connectivity index (χ0n) is 7.19. The number of hydrogen-bond acceptors (Lipinski definition) is 3. The lowest BCUT2D eigenvalue weighted by atomic mass is 10.1. The summed E-state index contributed by atoms with van der Waals surface area (Å²) in [5, 5.41) is 17.4. The molecule has 0 aliphatic rings. The molecule has 15 heavy (non-hydrogen) atoms. The smallest absolute Gasteiger partial charge is 0.417 e. The first-order valence-corrected chi connectivity index (χ1v) is 3.75. The molecule has 0 radical (unpaired) electrons. The number of carboxylic acid groups (broad SMARTS) is 1. The number of carboxylic acids is 1. The predicted molar refractivity (Wildman–Crippen MR) is 41.8 cm³/mol. The van der Waals surface area contributed by atoms with Crippen LogP contribution in [0.15, 0.2) is 18.5 Å². The number of carbonyl (C=O) groups is 1. The zero-order valence-corrected chi connectivity index (χ0v) is 7.19. The van der Waals surface area contributed by atoms with E-state index in [9.17, 15) is 18.0 Å². The van der Waals surface area contributed by atoms with E-state index in [0.717, 1.165) is 6.20 Å². The summed E-state index contributed by atoms with van der Waals surface area (Å²) in [6.45, 7) is 0. The van der Waals surface area contributed by atoms with E-state index < -0.39 is 29.4 Å². The molecule has 1 heterocycles. The second kappa shape index (κ2) is 3.85. The Kier molecular flexibility index (Phi) is 2.94. The van der Waals surface area contributed by atoms with Crippen LogP contribution in [0.2, 0.25) is 0 Å². The van der Waals surface area contributed by atoms with Gasteiger partial charge in [0.05, 0.1) is 5.56 Å². The van der Waals surface area contributed by atoms with E-state index in [0.29, 0.717) is 12.3 Å². The van der Waals surface area contributed by atoms with Crippen LogP contribution < -0.4 is 0 Å². The van der Waals surface area contributed by atoms with Gasteiger partial charge in [-0.15, -0.1) is 0 Å². The molecule has 0 aromatic carbocycles. The van der Waals surface area contributed by atoms with E-state index in [-0.39, 0.29) is 0 Å². The highest BCUT2D eigenvalue weighted by Crippen LogP contribution is 2.29. The van der Waals surface area contributed by atoms with Crippen LogP contribution in [0.4, 0.5) is 13.2 Å². The standard InChI is InChI=1S/C8H6F3NO3/c9-8(10,11)5-1-4(2-12-3-5)6(13)7(14)15/h1-3,6,13H,(H,14,15). The van der Waals surface area contributed by atoms with E-state index >= 15 is 0 Å². The van der Waals surface area contributed by atoms with Crippen LogP contribution in [-0.2, 0) is 11.0 Å². The SMILES string of the molecule is O=C(O)C(O)c1cncc(C(F)(F)F)c1. The lowest BCUT2D eigenvalue weighted by Crippen LogP contribution is -2.13. The molecule has 0 aliphatic heterocycles. The van der Waals surface area contributed by atoms with Gasteiger partial charge in [0.1, 0.15) is 0 Å². The van der Waals surface area contributed by atoms with Crippen molar-refractivity contribution in [1.82, 2.24) is 4.98 Å². The number of pyridine rings is 1. The number of halogens is 3. The van der Waals surface area contributed by atoms with Crippen LogP contribution in [0.25, 0.3) is 0 Å². The van der Waals surface area contributed by atoms with Crippen molar-refractivity contribution in [3.8, 4) is 0 Å². The van der Waals surface area contributed by atoms with Gasteiger partial charge in [-0.25, -0.2) is 4.79 Å². The molecule has 0 spiro atoms. The van der Waals surface area contributed by atoms with Crippen LogP contribution in [0, 0.1) is 0 Å². The predicted octanol–water partition coefficient (Wildman–Crippen LogP) is 1.22. The highest BCUT2D eigenvalue weighted by atomic mass is 19.4. The molecule has 0 bridgehead atoms. The van der Waals surface area contributed by atoms with Gasteiger partial charge in [0.25, 0.3) is 0 Å². The lowest BCUT2D eigenvalue weighted by Gasteiger charge is -2.09. The highest BCUT2D eigenvalue weighted by Gasteiger charge is 2.32. The minimum Gasteiger partial charge on any atom is -0.479 e. The molecule has 0 amide bonds. The molecule has 1 aromatic heterocycles. The molecule has 1 atom stereocenters. The van der Waals surface area contributed by atoms with Crippen molar-refractivity contribution in [3.05, 3.63) is 29.6 Å². The minimum atomic E-state index is -4.61. The Morgan fingerprint density at radius 1 is 1.40 bits per heavy atom. The fourth-order valence-corrected chi connectivity index (χ4v) is 0.905. The van der Waals surface area contributed by atoms with E-state index in [2.05, 4.69) is 4.98 Å². The topological polar surface area (TPSA) is 70.4 Å². The molecule has 2 N–H and O–H groups in total. The zero-order chi connectivity index (χ0) is 11.6. The summed E-state index contributed by atoms with van der Waals surface area (Å²) in [4.78, 5) is 13.5. The molecule has 0 aliphatic carbocycles. The van der Waals surface area contributed by atoms with Gasteiger partial charge in [-0.3, -0.25) is 4.98 Å². The molecule has 7 heteroatoms. The van der Waals surface area contributed by atoms with Crippen molar-refractivity contribution in [3.63, 3.8) is 0 Å². The molecule has 0 saturated heterocycles. The van der Waals surface area contributed by atoms with Gasteiger partial charge in [0.15, 0.2) is 6.10 Å². The van der Waals surface area contributed by atoms with E-state index in [1.807, 2.05) is 0 Å². The number of aliphatic carboxylic acids is 1. The Hall–Kier alpha value is -1.63. The van der Waals surface area contributed by atoms with E-state index in [1.165, 1.54) is 0 Å². The summed E-state index contributed by atoms with van der Waals surface area (Å²) in [6, 6.07) is 0.547. The van der Waals surface area contributed by atoms with E-state index in [4.69, 9.17) is 10.2 Å². The second-order valence-corrected chi connectivity index (χ2v) is 2.75. The van der Waals surface area contributed by atoms with Crippen molar-refractivity contribution in [2.45, 2.75) is 12.3 Å². The van der Waals surface area contributed by atoms with Gasteiger partial charge in [0, 0.05) is 18.0 Å². The largest absolute Gasteiger partial charge is 0.479 e. The van der Waals surface area contributed by atoms with Gasteiger partial charge >= 0.3 is 12.1 Å². The van der Waals surface area contributed by atoms with Gasteiger partial charge in [-0.05, 0) is 6.07 Å². The van der Waals surface area contributed by atoms with Gasteiger partial charge in [0.2, 0.25) is 0 Å². The molecule has 0 saturated carbocycles. The van der Waals surface area contributed by atoms with Crippen molar-refractivity contribution < 1.29 is 28.2 Å². The Balaban J connectivity index is 3.08. The number of rotatable bonds is 2. The summed E-state index contributed by atoms with van der Waals surface area (Å²) < 4.78 is 36.5. The first kappa shape index (κ1) is 11.4. The summed E-state index contributed by atoms with van der Waals surface area (Å²) in [5.74, 6) is -1.63. The maximum absolute atomic E-state index is 12.2. The average Bonchev–Trinajstić information content (AvgIpc) is 2.15. The van der Waals surface area contributed by atoms with Gasteiger partial charge in [-0.2, -0.15) is 13.2 Å². The summed E-state index contributed by atoms with van der Waals surface area (Å²) in [7, 11) is 0. The number of aliphatic hydroxyl groups is 1. The normalized spacial score (nSPS) is 13.6. The molecule has 1 unspecified atom stereocenters. The van der Waals surface area contributed by atoms with Crippen LogP contribution in [-0.4, -0.2) is 21.2 Å². The van der Waals surface area contributed by atoms with E-state index in [1.54, 1.807) is 0 Å². The molecular formula is C8H6F3NO3. The van der Waals surface area contributed by atoms with Crippen LogP contribution >= 0.6 is 0 Å². The van der Waals surface area contributed by atoms with Crippen LogP contribution in [0.5, 0.6) is 0 Å². The van der Waals surface area contributed by atoms with Gasteiger partial charge < -0.3 is 10.2 Å². The van der Waals surface area contributed by atoms with Crippen molar-refractivity contribution >= 4 is 5.97 Å².